The number of rotatable bonds is 6. The van der Waals surface area contributed by atoms with E-state index in [9.17, 15) is 32.3 Å². The highest BCUT2D eigenvalue weighted by Gasteiger charge is 2.57. The van der Waals surface area contributed by atoms with E-state index in [1.54, 1.807) is 36.4 Å². The van der Waals surface area contributed by atoms with Crippen molar-refractivity contribution in [2.75, 3.05) is 16.8 Å². The number of fused-ring (bicyclic) bond motifs is 2. The van der Waals surface area contributed by atoms with Gasteiger partial charge in [0.05, 0.1) is 22.2 Å². The van der Waals surface area contributed by atoms with Gasteiger partial charge in [0.2, 0.25) is 11.8 Å². The topological polar surface area (TPSA) is 109 Å². The molecule has 3 amide bonds. The van der Waals surface area contributed by atoms with Crippen LogP contribution in [0.25, 0.3) is 0 Å². The van der Waals surface area contributed by atoms with Crippen LogP contribution in [0.2, 0.25) is 0 Å². The van der Waals surface area contributed by atoms with Crippen molar-refractivity contribution in [1.82, 2.24) is 4.98 Å². The number of aromatic amines is 1. The van der Waals surface area contributed by atoms with E-state index in [2.05, 4.69) is 26.2 Å². The van der Waals surface area contributed by atoms with Crippen molar-refractivity contribution >= 4 is 68.1 Å². The van der Waals surface area contributed by atoms with E-state index in [0.29, 0.717) is 30.5 Å². The predicted octanol–water partition coefficient (Wildman–Crippen LogP) is 6.34. The summed E-state index contributed by atoms with van der Waals surface area (Å²) in [6.07, 6.45) is -4.81. The molecule has 2 N–H and O–H groups in total. The van der Waals surface area contributed by atoms with Gasteiger partial charge in [0.25, 0.3) is 5.91 Å². The molecule has 2 aliphatic rings. The molecule has 0 spiro atoms. The maximum atomic E-state index is 14.0. The summed E-state index contributed by atoms with van der Waals surface area (Å²) in [5.74, 6) is -3.99. The molecule has 1 fully saturated rings. The van der Waals surface area contributed by atoms with E-state index in [1.807, 2.05) is 13.0 Å². The number of aryl methyl sites for hydroxylation is 1. The van der Waals surface area contributed by atoms with Crippen molar-refractivity contribution in [1.29, 1.82) is 0 Å². The number of benzene rings is 3. The summed E-state index contributed by atoms with van der Waals surface area (Å²) >= 11 is 5.22. The number of hydrogen-bond donors (Lipinski definition) is 2. The molecule has 0 radical (unpaired) electrons. The first-order valence-electron chi connectivity index (χ1n) is 13.1. The van der Waals surface area contributed by atoms with Gasteiger partial charge in [-0.25, -0.2) is 4.90 Å². The van der Waals surface area contributed by atoms with Crippen LogP contribution in [0, 0.1) is 12.8 Å². The van der Waals surface area contributed by atoms with E-state index < -0.39 is 63.7 Å². The van der Waals surface area contributed by atoms with Crippen molar-refractivity contribution in [3.8, 4) is 5.75 Å². The minimum Gasteiger partial charge on any atom is -0.483 e. The highest BCUT2D eigenvalue weighted by Crippen LogP contribution is 2.55. The number of halogens is 4. The lowest BCUT2D eigenvalue weighted by atomic mass is 9.82. The zero-order valence-electron chi connectivity index (χ0n) is 22.6. The minimum absolute atomic E-state index is 0.212. The summed E-state index contributed by atoms with van der Waals surface area (Å²) in [5, 5.41) is 1.98. The number of aromatic nitrogens is 1. The third kappa shape index (κ3) is 5.57. The standard InChI is InChI=1S/C30H21BrF3N3O5S2/c1-14-5-4-6-16(11-14)35-21(38)13-42-20-10-9-15(31)12-17(20)22-23-25(43-26-24(22)44-29(41)36-26)28(40)37(27(23)39)19-8-3-2-7-18(19)30(32,33)34/h2-12,22-23,25H,13H2,1H3,(H,35,38)(H,36,41)/t22-,23-,25+/m0/s1. The molecule has 4 aromatic rings. The Morgan fingerprint density at radius 3 is 2.57 bits per heavy atom. The molecule has 0 saturated carbocycles. The molecule has 1 saturated heterocycles. The Labute approximate surface area is 264 Å². The summed E-state index contributed by atoms with van der Waals surface area (Å²) in [7, 11) is 0. The quantitative estimate of drug-likeness (QED) is 0.227. The Kier molecular flexibility index (Phi) is 7.92. The van der Waals surface area contributed by atoms with Crippen LogP contribution in [0.15, 0.2) is 81.0 Å². The van der Waals surface area contributed by atoms with Gasteiger partial charge in [-0.05, 0) is 55.0 Å². The average Bonchev–Trinajstić information content (AvgIpc) is 3.45. The summed E-state index contributed by atoms with van der Waals surface area (Å²) in [5.41, 5.74) is 0.252. The molecule has 226 valence electrons. The molecular formula is C30H21BrF3N3O5S2. The zero-order valence-corrected chi connectivity index (χ0v) is 25.8. The van der Waals surface area contributed by atoms with Crippen LogP contribution in [-0.4, -0.2) is 34.6 Å². The number of imide groups is 1. The van der Waals surface area contributed by atoms with Crippen LogP contribution in [0.5, 0.6) is 5.75 Å². The average molecular weight is 705 g/mol. The summed E-state index contributed by atoms with van der Waals surface area (Å²) < 4.78 is 48.3. The number of nitrogens with one attached hydrogen (secondary N) is 2. The maximum Gasteiger partial charge on any atom is 0.418 e. The molecule has 3 aromatic carbocycles. The number of anilines is 2. The second-order valence-corrected chi connectivity index (χ2v) is 13.2. The van der Waals surface area contributed by atoms with Crippen LogP contribution in [0.1, 0.15) is 27.5 Å². The zero-order chi connectivity index (χ0) is 31.3. The number of amides is 3. The van der Waals surface area contributed by atoms with Crippen molar-refractivity contribution in [2.24, 2.45) is 5.92 Å². The van der Waals surface area contributed by atoms with Gasteiger partial charge in [0, 0.05) is 26.5 Å². The molecule has 44 heavy (non-hydrogen) atoms. The number of thioether (sulfide) groups is 1. The van der Waals surface area contributed by atoms with E-state index in [-0.39, 0.29) is 5.75 Å². The Hall–Kier alpha value is -3.88. The SMILES string of the molecule is Cc1cccc(NC(=O)COc2ccc(Br)cc2[C@@H]2c3sc(=O)[nH]c3S[C@H]3C(=O)N(c4ccccc4C(F)(F)F)C(=O)[C@@H]23)c1. The summed E-state index contributed by atoms with van der Waals surface area (Å²) in [6.45, 7) is 1.49. The normalized spacial score (nSPS) is 19.5. The van der Waals surface area contributed by atoms with Crippen LogP contribution >= 0.6 is 39.0 Å². The van der Waals surface area contributed by atoms with Crippen LogP contribution < -0.4 is 19.8 Å². The molecule has 6 rings (SSSR count). The molecule has 0 aliphatic carbocycles. The van der Waals surface area contributed by atoms with Gasteiger partial charge in [-0.15, -0.1) is 0 Å². The Bertz CT molecular complexity index is 1870. The molecule has 8 nitrogen and oxygen atoms in total. The van der Waals surface area contributed by atoms with Crippen LogP contribution in [-0.2, 0) is 20.6 Å². The minimum atomic E-state index is -4.81. The number of thiazole rings is 1. The fourth-order valence-corrected chi connectivity index (χ4v) is 8.34. The number of hydrogen-bond acceptors (Lipinski definition) is 7. The van der Waals surface area contributed by atoms with Crippen molar-refractivity contribution < 1.29 is 32.3 Å². The molecule has 14 heteroatoms. The van der Waals surface area contributed by atoms with Gasteiger partial charge in [-0.3, -0.25) is 19.2 Å². The van der Waals surface area contributed by atoms with Gasteiger partial charge in [-0.2, -0.15) is 13.2 Å². The predicted molar refractivity (Wildman–Crippen MR) is 163 cm³/mol. The lowest BCUT2D eigenvalue weighted by molar-refractivity contribution is -0.137. The van der Waals surface area contributed by atoms with Crippen molar-refractivity contribution in [3.05, 3.63) is 102 Å². The molecule has 0 unspecified atom stereocenters. The Morgan fingerprint density at radius 1 is 1.05 bits per heavy atom. The lowest BCUT2D eigenvalue weighted by Gasteiger charge is -2.31. The molecule has 2 aliphatic heterocycles. The highest BCUT2D eigenvalue weighted by atomic mass is 79.9. The van der Waals surface area contributed by atoms with E-state index in [0.717, 1.165) is 40.8 Å². The first-order valence-corrected chi connectivity index (χ1v) is 15.6. The second-order valence-electron chi connectivity index (χ2n) is 10.2. The number of carbonyl (C=O) groups is 3. The monoisotopic (exact) mass is 703 g/mol. The molecule has 3 heterocycles. The van der Waals surface area contributed by atoms with Crippen molar-refractivity contribution in [2.45, 2.75) is 29.3 Å². The number of H-pyrrole nitrogens is 1. The first-order chi connectivity index (χ1) is 20.9. The molecule has 1 aromatic heterocycles. The third-order valence-corrected chi connectivity index (χ3v) is 10.1. The van der Waals surface area contributed by atoms with Gasteiger partial charge < -0.3 is 15.0 Å². The smallest absolute Gasteiger partial charge is 0.418 e. The van der Waals surface area contributed by atoms with Crippen LogP contribution in [0.4, 0.5) is 24.5 Å². The number of para-hydroxylation sites is 1. The van der Waals surface area contributed by atoms with Crippen molar-refractivity contribution in [3.63, 3.8) is 0 Å². The van der Waals surface area contributed by atoms with E-state index in [1.165, 1.54) is 12.1 Å². The number of alkyl halides is 3. The number of nitrogens with zero attached hydrogens (tertiary/aromatic N) is 1. The lowest BCUT2D eigenvalue weighted by Crippen LogP contribution is -2.33. The van der Waals surface area contributed by atoms with E-state index in [4.69, 9.17) is 4.74 Å². The van der Waals surface area contributed by atoms with Gasteiger partial charge >= 0.3 is 11.0 Å². The summed E-state index contributed by atoms with van der Waals surface area (Å²) in [4.78, 5) is 56.3. The Balaban J connectivity index is 1.39. The molecular weight excluding hydrogens is 683 g/mol. The van der Waals surface area contributed by atoms with Crippen LogP contribution in [0.3, 0.4) is 0 Å². The van der Waals surface area contributed by atoms with Gasteiger partial charge in [-0.1, -0.05) is 63.3 Å². The number of ether oxygens (including phenoxy) is 1. The Morgan fingerprint density at radius 2 is 1.82 bits per heavy atom. The fourth-order valence-electron chi connectivity index (χ4n) is 5.45. The van der Waals surface area contributed by atoms with Gasteiger partial charge in [0.15, 0.2) is 6.61 Å². The molecule has 3 atom stereocenters. The molecule has 0 bridgehead atoms. The fraction of sp³-hybridized carbons (Fsp3) is 0.200. The second kappa shape index (κ2) is 11.6. The first kappa shape index (κ1) is 30.2. The van der Waals surface area contributed by atoms with E-state index >= 15 is 0 Å². The highest BCUT2D eigenvalue weighted by molar-refractivity contribution is 9.10. The van der Waals surface area contributed by atoms with Gasteiger partial charge in [0.1, 0.15) is 11.0 Å². The summed E-state index contributed by atoms with van der Waals surface area (Å²) in [6, 6.07) is 16.5. The largest absolute Gasteiger partial charge is 0.483 e. The third-order valence-electron chi connectivity index (χ3n) is 7.24. The maximum absolute atomic E-state index is 14.0. The number of carbonyl (C=O) groups excluding carboxylic acids is 3.